The van der Waals surface area contributed by atoms with Crippen LogP contribution in [0.1, 0.15) is 12.8 Å². The van der Waals surface area contributed by atoms with E-state index in [1.54, 1.807) is 0 Å². The molecule has 1 rings (SSSR count). The molecule has 0 unspecified atom stereocenters. The Morgan fingerprint density at radius 3 is 2.38 bits per heavy atom. The molecule has 2 N–H and O–H groups in total. The highest BCUT2D eigenvalue weighted by Crippen LogP contribution is 2.31. The Hall–Kier alpha value is -0.370. The summed E-state index contributed by atoms with van der Waals surface area (Å²) in [6.07, 6.45) is 2.05. The van der Waals surface area contributed by atoms with Crippen molar-refractivity contribution in [3.05, 3.63) is 12.2 Å². The first-order chi connectivity index (χ1) is 3.70. The van der Waals surface area contributed by atoms with Crippen molar-refractivity contribution in [1.82, 2.24) is 0 Å². The summed E-state index contributed by atoms with van der Waals surface area (Å²) in [7, 11) is 0. The number of nitrogens with two attached hydrogens (primary N) is 1. The molecule has 0 heterocycles. The Balaban J connectivity index is 2.35. The first-order valence-corrected chi connectivity index (χ1v) is 3.07. The lowest BCUT2D eigenvalue weighted by atomic mass is 9.81. The van der Waals surface area contributed by atoms with Gasteiger partial charge in [-0.05, 0) is 12.8 Å². The number of thiocarbonyl (C=S) groups is 1. The van der Waals surface area contributed by atoms with Gasteiger partial charge in [-0.3, -0.25) is 0 Å². The maximum atomic E-state index is 5.35. The summed E-state index contributed by atoms with van der Waals surface area (Å²) in [5.41, 5.74) is 6.63. The van der Waals surface area contributed by atoms with E-state index in [0.29, 0.717) is 10.9 Å². The van der Waals surface area contributed by atoms with E-state index in [1.165, 1.54) is 5.57 Å². The quantitative estimate of drug-likeness (QED) is 0.423. The van der Waals surface area contributed by atoms with Crippen LogP contribution >= 0.6 is 12.2 Å². The molecule has 1 aliphatic rings. The second-order valence-corrected chi connectivity index (χ2v) is 2.73. The van der Waals surface area contributed by atoms with Crippen LogP contribution in [0.25, 0.3) is 0 Å². The molecule has 0 radical (unpaired) electrons. The van der Waals surface area contributed by atoms with Crippen molar-refractivity contribution in [2.24, 2.45) is 11.7 Å². The van der Waals surface area contributed by atoms with Gasteiger partial charge in [-0.2, -0.15) is 0 Å². The molecule has 0 aromatic carbocycles. The van der Waals surface area contributed by atoms with E-state index in [-0.39, 0.29) is 0 Å². The van der Waals surface area contributed by atoms with E-state index in [0.717, 1.165) is 12.8 Å². The van der Waals surface area contributed by atoms with E-state index in [1.807, 2.05) is 0 Å². The van der Waals surface area contributed by atoms with Crippen LogP contribution in [0.3, 0.4) is 0 Å². The molecule has 44 valence electrons. The summed E-state index contributed by atoms with van der Waals surface area (Å²) < 4.78 is 0. The van der Waals surface area contributed by atoms with Gasteiger partial charge >= 0.3 is 0 Å². The lowest BCUT2D eigenvalue weighted by Crippen LogP contribution is -2.28. The highest BCUT2D eigenvalue weighted by Gasteiger charge is 2.22. The van der Waals surface area contributed by atoms with Crippen LogP contribution in [0.5, 0.6) is 0 Å². The maximum Gasteiger partial charge on any atom is 0.0765 e. The van der Waals surface area contributed by atoms with E-state index in [4.69, 9.17) is 18.0 Å². The van der Waals surface area contributed by atoms with E-state index in [2.05, 4.69) is 6.58 Å². The molecule has 0 amide bonds. The van der Waals surface area contributed by atoms with Crippen molar-refractivity contribution in [1.29, 1.82) is 0 Å². The zero-order chi connectivity index (χ0) is 6.15. The summed E-state index contributed by atoms with van der Waals surface area (Å²) in [6, 6.07) is 0. The fraction of sp³-hybridized carbons (Fsp3) is 0.500. The molecule has 0 aromatic heterocycles. The lowest BCUT2D eigenvalue weighted by Gasteiger charge is -2.26. The van der Waals surface area contributed by atoms with Crippen molar-refractivity contribution in [2.45, 2.75) is 12.8 Å². The minimum Gasteiger partial charge on any atom is -0.393 e. The molecule has 0 atom stereocenters. The molecule has 2 heteroatoms. The van der Waals surface area contributed by atoms with Crippen LogP contribution in [-0.2, 0) is 0 Å². The van der Waals surface area contributed by atoms with Crippen LogP contribution in [0.15, 0.2) is 12.2 Å². The normalized spacial score (nSPS) is 20.2. The van der Waals surface area contributed by atoms with Crippen LogP contribution in [0.2, 0.25) is 0 Å². The minimum absolute atomic E-state index is 0.470. The molecule has 1 saturated carbocycles. The van der Waals surface area contributed by atoms with Crippen molar-refractivity contribution >= 4 is 17.2 Å². The first kappa shape index (κ1) is 5.76. The summed E-state index contributed by atoms with van der Waals surface area (Å²) >= 11 is 4.76. The van der Waals surface area contributed by atoms with Gasteiger partial charge in [-0.25, -0.2) is 0 Å². The zero-order valence-electron chi connectivity index (χ0n) is 4.68. The summed E-state index contributed by atoms with van der Waals surface area (Å²) in [6.45, 7) is 3.78. The Kier molecular flexibility index (Phi) is 1.34. The standard InChI is InChI=1S/C6H9NS/c1-4-2-5(3-4)6(7)8/h5H,1-3H2,(H2,7,8). The molecule has 0 spiro atoms. The van der Waals surface area contributed by atoms with Gasteiger partial charge in [-0.1, -0.05) is 24.4 Å². The summed E-state index contributed by atoms with van der Waals surface area (Å²) in [5, 5.41) is 0. The first-order valence-electron chi connectivity index (χ1n) is 2.66. The Morgan fingerprint density at radius 1 is 1.75 bits per heavy atom. The van der Waals surface area contributed by atoms with Crippen LogP contribution in [0.4, 0.5) is 0 Å². The molecule has 1 fully saturated rings. The summed E-state index contributed by atoms with van der Waals surface area (Å²) in [4.78, 5) is 0.650. The van der Waals surface area contributed by atoms with Crippen molar-refractivity contribution in [3.8, 4) is 0 Å². The summed E-state index contributed by atoms with van der Waals surface area (Å²) in [5.74, 6) is 0.470. The molecule has 0 saturated heterocycles. The van der Waals surface area contributed by atoms with Gasteiger partial charge in [0.15, 0.2) is 0 Å². The average molecular weight is 127 g/mol. The van der Waals surface area contributed by atoms with Gasteiger partial charge in [0.05, 0.1) is 4.99 Å². The van der Waals surface area contributed by atoms with Gasteiger partial charge in [0.2, 0.25) is 0 Å². The second-order valence-electron chi connectivity index (χ2n) is 2.26. The Bertz CT molecular complexity index is 131. The fourth-order valence-electron chi connectivity index (χ4n) is 0.838. The predicted molar refractivity (Wildman–Crippen MR) is 38.6 cm³/mol. The van der Waals surface area contributed by atoms with Crippen LogP contribution in [0, 0.1) is 5.92 Å². The van der Waals surface area contributed by atoms with Crippen molar-refractivity contribution in [3.63, 3.8) is 0 Å². The molecule has 8 heavy (non-hydrogen) atoms. The van der Waals surface area contributed by atoms with Gasteiger partial charge in [0.1, 0.15) is 0 Å². The van der Waals surface area contributed by atoms with Gasteiger partial charge in [0, 0.05) is 5.92 Å². The third-order valence-corrected chi connectivity index (χ3v) is 1.81. The number of hydrogen-bond donors (Lipinski definition) is 1. The topological polar surface area (TPSA) is 26.0 Å². The zero-order valence-corrected chi connectivity index (χ0v) is 5.50. The number of allylic oxidation sites excluding steroid dienone is 1. The molecule has 1 aliphatic carbocycles. The third-order valence-electron chi connectivity index (χ3n) is 1.47. The van der Waals surface area contributed by atoms with E-state index >= 15 is 0 Å². The van der Waals surface area contributed by atoms with Crippen LogP contribution in [-0.4, -0.2) is 4.99 Å². The van der Waals surface area contributed by atoms with Crippen LogP contribution < -0.4 is 5.73 Å². The van der Waals surface area contributed by atoms with Gasteiger partial charge < -0.3 is 5.73 Å². The molecule has 1 nitrogen and oxygen atoms in total. The van der Waals surface area contributed by atoms with Gasteiger partial charge in [0.25, 0.3) is 0 Å². The third kappa shape index (κ3) is 0.892. The molecule has 0 aromatic rings. The number of rotatable bonds is 1. The molecule has 0 aliphatic heterocycles. The monoisotopic (exact) mass is 127 g/mol. The predicted octanol–water partition coefficient (Wildman–Crippen LogP) is 1.24. The van der Waals surface area contributed by atoms with Gasteiger partial charge in [-0.15, -0.1) is 0 Å². The average Bonchev–Trinajstić information content (AvgIpc) is 1.57. The maximum absolute atomic E-state index is 5.35. The smallest absolute Gasteiger partial charge is 0.0765 e. The highest BCUT2D eigenvalue weighted by molar-refractivity contribution is 7.80. The number of hydrogen-bond acceptors (Lipinski definition) is 1. The van der Waals surface area contributed by atoms with E-state index in [9.17, 15) is 0 Å². The molecular weight excluding hydrogens is 118 g/mol. The Morgan fingerprint density at radius 2 is 2.25 bits per heavy atom. The van der Waals surface area contributed by atoms with E-state index < -0.39 is 0 Å². The van der Waals surface area contributed by atoms with Crippen molar-refractivity contribution in [2.75, 3.05) is 0 Å². The minimum atomic E-state index is 0.470. The molecule has 0 bridgehead atoms. The fourth-order valence-corrected chi connectivity index (χ4v) is 1.00. The van der Waals surface area contributed by atoms with Crippen molar-refractivity contribution < 1.29 is 0 Å². The highest BCUT2D eigenvalue weighted by atomic mass is 32.1. The lowest BCUT2D eigenvalue weighted by molar-refractivity contribution is 0.552. The second kappa shape index (κ2) is 1.86. The largest absolute Gasteiger partial charge is 0.393 e. The SMILES string of the molecule is C=C1CC(C(N)=S)C1. The molecular formula is C6H9NS. The Labute approximate surface area is 54.6 Å².